The minimum atomic E-state index is -0.380. The molecule has 4 rings (SSSR count). The fraction of sp³-hybridized carbons (Fsp3) is 0.0870. The van der Waals surface area contributed by atoms with Crippen LogP contribution < -0.4 is 10.1 Å². The maximum Gasteiger partial charge on any atom is 0.262 e. The molecule has 144 valence electrons. The van der Waals surface area contributed by atoms with Crippen LogP contribution in [0.15, 0.2) is 72.8 Å². The molecule has 1 heterocycles. The van der Waals surface area contributed by atoms with Gasteiger partial charge in [0, 0.05) is 18.3 Å². The van der Waals surface area contributed by atoms with E-state index in [0.717, 1.165) is 16.0 Å². The van der Waals surface area contributed by atoms with Gasteiger partial charge in [-0.1, -0.05) is 48.5 Å². The number of hydrogen-bond donors (Lipinski definition) is 1. The van der Waals surface area contributed by atoms with Gasteiger partial charge in [-0.2, -0.15) is 0 Å². The second-order valence-corrected chi connectivity index (χ2v) is 6.63. The van der Waals surface area contributed by atoms with Gasteiger partial charge in [0.1, 0.15) is 5.75 Å². The Kier molecular flexibility index (Phi) is 4.83. The van der Waals surface area contributed by atoms with E-state index in [2.05, 4.69) is 5.32 Å². The maximum absolute atomic E-state index is 12.3. The van der Waals surface area contributed by atoms with Crippen LogP contribution in [0.4, 0.5) is 5.69 Å². The average molecular weight is 386 g/mol. The van der Waals surface area contributed by atoms with Gasteiger partial charge in [-0.3, -0.25) is 19.3 Å². The number of nitrogens with one attached hydrogen (secondary N) is 1. The number of carbonyl (C=O) groups is 3. The summed E-state index contributed by atoms with van der Waals surface area (Å²) < 4.78 is 5.73. The standard InChI is InChI=1S/C23H18N2O4/c1-25-22(27)18-12-11-16(13-19(18)23(25)28)24-21(26)14-29-20-10-6-5-9-17(20)15-7-3-2-4-8-15/h2-13H,14H2,1H3,(H,24,26). The summed E-state index contributed by atoms with van der Waals surface area (Å²) in [6.07, 6.45) is 0. The van der Waals surface area contributed by atoms with Crippen molar-refractivity contribution in [2.75, 3.05) is 19.0 Å². The number of amides is 3. The Morgan fingerprint density at radius 1 is 0.862 bits per heavy atom. The van der Waals surface area contributed by atoms with E-state index >= 15 is 0 Å². The summed E-state index contributed by atoms with van der Waals surface area (Å²) in [5.74, 6) is -0.485. The number of rotatable bonds is 5. The molecule has 0 spiro atoms. The summed E-state index contributed by atoms with van der Waals surface area (Å²) in [4.78, 5) is 37.4. The number of para-hydroxylation sites is 1. The Balaban J connectivity index is 1.45. The van der Waals surface area contributed by atoms with E-state index in [1.165, 1.54) is 13.1 Å². The fourth-order valence-electron chi connectivity index (χ4n) is 3.23. The van der Waals surface area contributed by atoms with Crippen molar-refractivity contribution in [3.05, 3.63) is 83.9 Å². The lowest BCUT2D eigenvalue weighted by atomic mass is 10.1. The summed E-state index contributed by atoms with van der Waals surface area (Å²) >= 11 is 0. The third-order valence-electron chi connectivity index (χ3n) is 4.70. The smallest absolute Gasteiger partial charge is 0.262 e. The van der Waals surface area contributed by atoms with Crippen molar-refractivity contribution in [2.24, 2.45) is 0 Å². The second-order valence-electron chi connectivity index (χ2n) is 6.63. The van der Waals surface area contributed by atoms with Gasteiger partial charge in [0.2, 0.25) is 0 Å². The quantitative estimate of drug-likeness (QED) is 0.680. The highest BCUT2D eigenvalue weighted by Gasteiger charge is 2.32. The highest BCUT2D eigenvalue weighted by molar-refractivity contribution is 6.21. The van der Waals surface area contributed by atoms with Gasteiger partial charge in [0.05, 0.1) is 11.1 Å². The van der Waals surface area contributed by atoms with Crippen molar-refractivity contribution in [2.45, 2.75) is 0 Å². The maximum atomic E-state index is 12.3. The molecule has 0 saturated carbocycles. The number of anilines is 1. The molecule has 6 heteroatoms. The van der Waals surface area contributed by atoms with E-state index in [-0.39, 0.29) is 29.9 Å². The number of hydrogen-bond acceptors (Lipinski definition) is 4. The van der Waals surface area contributed by atoms with E-state index in [1.54, 1.807) is 12.1 Å². The third kappa shape index (κ3) is 3.60. The number of ether oxygens (including phenoxy) is 1. The van der Waals surface area contributed by atoms with E-state index < -0.39 is 0 Å². The monoisotopic (exact) mass is 386 g/mol. The van der Waals surface area contributed by atoms with Crippen molar-refractivity contribution in [3.8, 4) is 16.9 Å². The predicted octanol–water partition coefficient (Wildman–Crippen LogP) is 3.60. The molecule has 0 radical (unpaired) electrons. The zero-order chi connectivity index (χ0) is 20.4. The van der Waals surface area contributed by atoms with Gasteiger partial charge in [0.25, 0.3) is 17.7 Å². The summed E-state index contributed by atoms with van der Waals surface area (Å²) in [6, 6.07) is 21.9. The molecule has 29 heavy (non-hydrogen) atoms. The van der Waals surface area contributed by atoms with Crippen molar-refractivity contribution in [1.29, 1.82) is 0 Å². The molecule has 0 unspecified atom stereocenters. The topological polar surface area (TPSA) is 75.7 Å². The molecule has 0 bridgehead atoms. The van der Waals surface area contributed by atoms with Crippen molar-refractivity contribution >= 4 is 23.4 Å². The Morgan fingerprint density at radius 2 is 1.55 bits per heavy atom. The minimum absolute atomic E-state index is 0.187. The number of fused-ring (bicyclic) bond motifs is 1. The Morgan fingerprint density at radius 3 is 2.34 bits per heavy atom. The van der Waals surface area contributed by atoms with E-state index in [9.17, 15) is 14.4 Å². The second kappa shape index (κ2) is 7.59. The molecule has 0 fully saturated rings. The summed E-state index contributed by atoms with van der Waals surface area (Å²) in [7, 11) is 1.43. The molecule has 1 aliphatic rings. The number of carbonyl (C=O) groups excluding carboxylic acids is 3. The highest BCUT2D eigenvalue weighted by atomic mass is 16.5. The van der Waals surface area contributed by atoms with E-state index in [1.807, 2.05) is 54.6 Å². The van der Waals surface area contributed by atoms with Crippen LogP contribution in [0.2, 0.25) is 0 Å². The van der Waals surface area contributed by atoms with Crippen LogP contribution in [-0.2, 0) is 4.79 Å². The summed E-state index contributed by atoms with van der Waals surface area (Å²) in [5, 5.41) is 2.71. The molecular weight excluding hydrogens is 368 g/mol. The Labute approximate surface area is 167 Å². The first-order valence-corrected chi connectivity index (χ1v) is 9.08. The molecule has 6 nitrogen and oxygen atoms in total. The Hall–Kier alpha value is -3.93. The van der Waals surface area contributed by atoms with E-state index in [0.29, 0.717) is 17.0 Å². The van der Waals surface area contributed by atoms with Crippen LogP contribution in [-0.4, -0.2) is 36.3 Å². The zero-order valence-electron chi connectivity index (χ0n) is 15.7. The fourth-order valence-corrected chi connectivity index (χ4v) is 3.23. The molecule has 0 saturated heterocycles. The lowest BCUT2D eigenvalue weighted by molar-refractivity contribution is -0.118. The van der Waals surface area contributed by atoms with Crippen molar-refractivity contribution in [3.63, 3.8) is 0 Å². The molecule has 3 amide bonds. The van der Waals surface area contributed by atoms with Crippen LogP contribution in [0, 0.1) is 0 Å². The normalized spacial score (nSPS) is 12.7. The van der Waals surface area contributed by atoms with Gasteiger partial charge in [-0.15, -0.1) is 0 Å². The molecule has 0 aliphatic carbocycles. The van der Waals surface area contributed by atoms with Crippen molar-refractivity contribution < 1.29 is 19.1 Å². The van der Waals surface area contributed by atoms with Crippen LogP contribution in [0.5, 0.6) is 5.75 Å². The molecular formula is C23H18N2O4. The first kappa shape index (κ1) is 18.4. The predicted molar refractivity (Wildman–Crippen MR) is 109 cm³/mol. The third-order valence-corrected chi connectivity index (χ3v) is 4.70. The van der Waals surface area contributed by atoms with E-state index in [4.69, 9.17) is 4.74 Å². The lowest BCUT2D eigenvalue weighted by Crippen LogP contribution is -2.24. The number of benzene rings is 3. The largest absolute Gasteiger partial charge is 0.483 e. The molecule has 3 aromatic rings. The van der Waals surface area contributed by atoms with Crippen LogP contribution in [0.3, 0.4) is 0 Å². The minimum Gasteiger partial charge on any atom is -0.483 e. The zero-order valence-corrected chi connectivity index (χ0v) is 15.7. The molecule has 1 aliphatic heterocycles. The first-order chi connectivity index (χ1) is 14.0. The number of imide groups is 1. The van der Waals surface area contributed by atoms with Crippen LogP contribution in [0.25, 0.3) is 11.1 Å². The first-order valence-electron chi connectivity index (χ1n) is 9.08. The Bertz CT molecular complexity index is 1110. The van der Waals surface area contributed by atoms with Gasteiger partial charge >= 0.3 is 0 Å². The molecule has 0 aromatic heterocycles. The van der Waals surface area contributed by atoms with Crippen molar-refractivity contribution in [1.82, 2.24) is 4.90 Å². The lowest BCUT2D eigenvalue weighted by Gasteiger charge is -2.12. The van der Waals surface area contributed by atoms with Crippen LogP contribution >= 0.6 is 0 Å². The number of nitrogens with zero attached hydrogens (tertiary/aromatic N) is 1. The summed E-state index contributed by atoms with van der Waals surface area (Å²) in [6.45, 7) is -0.187. The van der Waals surface area contributed by atoms with Gasteiger partial charge in [0.15, 0.2) is 6.61 Å². The van der Waals surface area contributed by atoms with Gasteiger partial charge in [-0.05, 0) is 29.8 Å². The molecule has 3 aromatic carbocycles. The van der Waals surface area contributed by atoms with Gasteiger partial charge < -0.3 is 10.1 Å². The highest BCUT2D eigenvalue weighted by Crippen LogP contribution is 2.29. The average Bonchev–Trinajstić information content (AvgIpc) is 2.97. The van der Waals surface area contributed by atoms with Gasteiger partial charge in [-0.25, -0.2) is 0 Å². The van der Waals surface area contributed by atoms with Crippen LogP contribution in [0.1, 0.15) is 20.7 Å². The molecule has 1 N–H and O–H groups in total. The summed E-state index contributed by atoms with van der Waals surface area (Å²) in [5.41, 5.74) is 2.94. The molecule has 0 atom stereocenters. The SMILES string of the molecule is CN1C(=O)c2ccc(NC(=O)COc3ccccc3-c3ccccc3)cc2C1=O.